The van der Waals surface area contributed by atoms with Crippen LogP contribution in [0.2, 0.25) is 0 Å². The SMILES string of the molecule is Cc1nn(C)cc1[C@H](C)Nc1ccc([N+](=O)[O-])c2cnccc12. The number of nitrogens with one attached hydrogen (secondary N) is 1. The van der Waals surface area contributed by atoms with E-state index in [1.807, 2.05) is 27.1 Å². The zero-order valence-corrected chi connectivity index (χ0v) is 13.1. The van der Waals surface area contributed by atoms with Gasteiger partial charge in [0.25, 0.3) is 5.69 Å². The van der Waals surface area contributed by atoms with E-state index >= 15 is 0 Å². The monoisotopic (exact) mass is 311 g/mol. The van der Waals surface area contributed by atoms with Gasteiger partial charge in [-0.05, 0) is 26.0 Å². The highest BCUT2D eigenvalue weighted by molar-refractivity contribution is 5.99. The molecule has 0 unspecified atom stereocenters. The number of non-ortho nitro benzene ring substituents is 1. The van der Waals surface area contributed by atoms with Gasteiger partial charge in [-0.2, -0.15) is 5.10 Å². The second-order valence-electron chi connectivity index (χ2n) is 5.52. The predicted octanol–water partition coefficient (Wildman–Crippen LogP) is 3.36. The van der Waals surface area contributed by atoms with Gasteiger partial charge in [-0.25, -0.2) is 0 Å². The van der Waals surface area contributed by atoms with Crippen LogP contribution in [0.1, 0.15) is 24.2 Å². The van der Waals surface area contributed by atoms with E-state index in [1.165, 1.54) is 12.3 Å². The minimum absolute atomic E-state index is 0.0292. The molecule has 3 rings (SSSR count). The first-order valence-corrected chi connectivity index (χ1v) is 7.25. The highest BCUT2D eigenvalue weighted by Gasteiger charge is 2.17. The highest BCUT2D eigenvalue weighted by Crippen LogP contribution is 2.32. The number of anilines is 1. The van der Waals surface area contributed by atoms with E-state index in [0.717, 1.165) is 22.3 Å². The largest absolute Gasteiger partial charge is 0.378 e. The van der Waals surface area contributed by atoms with Crippen molar-refractivity contribution < 1.29 is 4.92 Å². The second-order valence-corrected chi connectivity index (χ2v) is 5.52. The molecule has 0 aliphatic carbocycles. The Morgan fingerprint density at radius 2 is 2.09 bits per heavy atom. The molecule has 0 radical (unpaired) electrons. The van der Waals surface area contributed by atoms with Gasteiger partial charge in [0.2, 0.25) is 0 Å². The van der Waals surface area contributed by atoms with Crippen LogP contribution < -0.4 is 5.32 Å². The number of aryl methyl sites for hydroxylation is 2. The van der Waals surface area contributed by atoms with Crippen LogP contribution in [-0.4, -0.2) is 19.7 Å². The van der Waals surface area contributed by atoms with Crippen LogP contribution in [-0.2, 0) is 7.05 Å². The molecule has 7 heteroatoms. The number of fused-ring (bicyclic) bond motifs is 1. The molecule has 1 aromatic carbocycles. The standard InChI is InChI=1S/C16H17N5O2/c1-10(14-9-20(3)19-11(14)2)18-15-4-5-16(21(22)23)13-8-17-7-6-12(13)15/h4-10,18H,1-3H3/t10-/m0/s1. The van der Waals surface area contributed by atoms with Crippen molar-refractivity contribution in [3.8, 4) is 0 Å². The van der Waals surface area contributed by atoms with Crippen molar-refractivity contribution >= 4 is 22.1 Å². The van der Waals surface area contributed by atoms with Crippen LogP contribution in [0.4, 0.5) is 11.4 Å². The third-order valence-electron chi connectivity index (χ3n) is 3.88. The summed E-state index contributed by atoms with van der Waals surface area (Å²) in [5.41, 5.74) is 2.95. The molecule has 1 atom stereocenters. The maximum absolute atomic E-state index is 11.2. The summed E-state index contributed by atoms with van der Waals surface area (Å²) in [4.78, 5) is 14.8. The fraction of sp³-hybridized carbons (Fsp3) is 0.250. The molecule has 3 aromatic rings. The molecule has 1 N–H and O–H groups in total. The summed E-state index contributed by atoms with van der Waals surface area (Å²) < 4.78 is 1.78. The zero-order chi connectivity index (χ0) is 16.6. The first-order chi connectivity index (χ1) is 11.0. The van der Waals surface area contributed by atoms with Gasteiger partial charge >= 0.3 is 0 Å². The van der Waals surface area contributed by atoms with Crippen LogP contribution in [0, 0.1) is 17.0 Å². The minimum Gasteiger partial charge on any atom is -0.378 e. The van der Waals surface area contributed by atoms with Crippen LogP contribution >= 0.6 is 0 Å². The van der Waals surface area contributed by atoms with Crippen LogP contribution in [0.3, 0.4) is 0 Å². The van der Waals surface area contributed by atoms with Gasteiger partial charge in [-0.15, -0.1) is 0 Å². The molecule has 0 bridgehead atoms. The number of nitro benzene ring substituents is 1. The van der Waals surface area contributed by atoms with E-state index < -0.39 is 0 Å². The summed E-state index contributed by atoms with van der Waals surface area (Å²) in [6.07, 6.45) is 5.14. The van der Waals surface area contributed by atoms with E-state index in [2.05, 4.69) is 15.4 Å². The number of benzene rings is 1. The third kappa shape index (κ3) is 2.73. The molecule has 0 saturated heterocycles. The molecular weight excluding hydrogens is 294 g/mol. The quantitative estimate of drug-likeness (QED) is 0.590. The van der Waals surface area contributed by atoms with Crippen molar-refractivity contribution in [2.75, 3.05) is 5.32 Å². The van der Waals surface area contributed by atoms with E-state index in [-0.39, 0.29) is 16.7 Å². The Balaban J connectivity index is 2.02. The lowest BCUT2D eigenvalue weighted by Gasteiger charge is -2.16. The van der Waals surface area contributed by atoms with Gasteiger partial charge in [0.15, 0.2) is 0 Å². The average molecular weight is 311 g/mol. The summed E-state index contributed by atoms with van der Waals surface area (Å²) in [7, 11) is 1.89. The number of nitro groups is 1. The van der Waals surface area contributed by atoms with Crippen molar-refractivity contribution in [1.29, 1.82) is 0 Å². The summed E-state index contributed by atoms with van der Waals surface area (Å²) >= 11 is 0. The number of hydrogen-bond donors (Lipinski definition) is 1. The van der Waals surface area contributed by atoms with Gasteiger partial charge < -0.3 is 5.32 Å². The maximum atomic E-state index is 11.2. The lowest BCUT2D eigenvalue weighted by molar-refractivity contribution is -0.383. The Labute approximate surface area is 133 Å². The van der Waals surface area contributed by atoms with E-state index in [4.69, 9.17) is 0 Å². The molecule has 0 amide bonds. The molecule has 0 aliphatic rings. The number of pyridine rings is 1. The molecule has 2 aromatic heterocycles. The molecule has 118 valence electrons. The van der Waals surface area contributed by atoms with Crippen LogP contribution in [0.5, 0.6) is 0 Å². The first-order valence-electron chi connectivity index (χ1n) is 7.25. The molecule has 2 heterocycles. The zero-order valence-electron chi connectivity index (χ0n) is 13.1. The summed E-state index contributed by atoms with van der Waals surface area (Å²) in [5.74, 6) is 0. The van der Waals surface area contributed by atoms with Crippen LogP contribution in [0.25, 0.3) is 10.8 Å². The molecule has 7 nitrogen and oxygen atoms in total. The normalized spacial score (nSPS) is 12.3. The topological polar surface area (TPSA) is 85.9 Å². The Bertz CT molecular complexity index is 887. The summed E-state index contributed by atoms with van der Waals surface area (Å²) in [6.45, 7) is 4.00. The van der Waals surface area contributed by atoms with Gasteiger partial charge in [0.05, 0.1) is 22.0 Å². The van der Waals surface area contributed by atoms with Crippen molar-refractivity contribution in [3.05, 3.63) is 58.2 Å². The van der Waals surface area contributed by atoms with Crippen molar-refractivity contribution in [1.82, 2.24) is 14.8 Å². The molecule has 23 heavy (non-hydrogen) atoms. The Kier molecular flexibility index (Phi) is 3.69. The van der Waals surface area contributed by atoms with Gasteiger partial charge in [0, 0.05) is 48.3 Å². The predicted molar refractivity (Wildman–Crippen MR) is 88.4 cm³/mol. The van der Waals surface area contributed by atoms with Gasteiger partial charge in [0.1, 0.15) is 0 Å². The molecule has 0 aliphatic heterocycles. The average Bonchev–Trinajstić information content (AvgIpc) is 2.86. The molecular formula is C16H17N5O2. The second kappa shape index (κ2) is 5.68. The Morgan fingerprint density at radius 3 is 2.74 bits per heavy atom. The number of aromatic nitrogens is 3. The highest BCUT2D eigenvalue weighted by atomic mass is 16.6. The Hall–Kier alpha value is -2.96. The fourth-order valence-corrected chi connectivity index (χ4v) is 2.81. The minimum atomic E-state index is -0.386. The van der Waals surface area contributed by atoms with Crippen molar-refractivity contribution in [2.24, 2.45) is 7.05 Å². The first kappa shape index (κ1) is 15.0. The van der Waals surface area contributed by atoms with Crippen molar-refractivity contribution in [2.45, 2.75) is 19.9 Å². The number of nitrogens with zero attached hydrogens (tertiary/aromatic N) is 4. The Morgan fingerprint density at radius 1 is 1.30 bits per heavy atom. The smallest absolute Gasteiger partial charge is 0.278 e. The third-order valence-corrected chi connectivity index (χ3v) is 3.88. The molecule has 0 fully saturated rings. The van der Waals surface area contributed by atoms with Crippen molar-refractivity contribution in [3.63, 3.8) is 0 Å². The number of hydrogen-bond acceptors (Lipinski definition) is 5. The lowest BCUT2D eigenvalue weighted by atomic mass is 10.1. The van der Waals surface area contributed by atoms with E-state index in [1.54, 1.807) is 23.0 Å². The lowest BCUT2D eigenvalue weighted by Crippen LogP contribution is -2.08. The summed E-state index contributed by atoms with van der Waals surface area (Å²) in [5, 5.41) is 20.2. The maximum Gasteiger partial charge on any atom is 0.278 e. The molecule has 0 spiro atoms. The van der Waals surface area contributed by atoms with E-state index in [0.29, 0.717) is 5.39 Å². The fourth-order valence-electron chi connectivity index (χ4n) is 2.81. The molecule has 0 saturated carbocycles. The van der Waals surface area contributed by atoms with Crippen LogP contribution in [0.15, 0.2) is 36.8 Å². The number of rotatable bonds is 4. The summed E-state index contributed by atoms with van der Waals surface area (Å²) in [6, 6.07) is 5.06. The van der Waals surface area contributed by atoms with Gasteiger partial charge in [-0.3, -0.25) is 19.8 Å². The van der Waals surface area contributed by atoms with Gasteiger partial charge in [-0.1, -0.05) is 0 Å². The van der Waals surface area contributed by atoms with E-state index in [9.17, 15) is 10.1 Å².